The molecule has 0 aliphatic rings. The number of nitriles is 1. The fourth-order valence-corrected chi connectivity index (χ4v) is 3.42. The van der Waals surface area contributed by atoms with E-state index in [0.717, 1.165) is 5.56 Å². The van der Waals surface area contributed by atoms with Gasteiger partial charge in [0, 0.05) is 11.4 Å². The Labute approximate surface area is 208 Å². The highest BCUT2D eigenvalue weighted by atomic mass is 35.5. The molecule has 0 unspecified atom stereocenters. The molecule has 7 nitrogen and oxygen atoms in total. The van der Waals surface area contributed by atoms with Crippen LogP contribution in [0.3, 0.4) is 0 Å². The molecular weight excluding hydrogens is 466 g/mol. The monoisotopic (exact) mass is 489 g/mol. The lowest BCUT2D eigenvalue weighted by Crippen LogP contribution is -2.20. The summed E-state index contributed by atoms with van der Waals surface area (Å²) in [6.45, 7) is 3.68. The van der Waals surface area contributed by atoms with E-state index in [0.29, 0.717) is 23.5 Å². The molecule has 2 N–H and O–H groups in total. The van der Waals surface area contributed by atoms with Crippen molar-refractivity contribution in [3.63, 3.8) is 0 Å². The maximum Gasteiger partial charge on any atom is 0.266 e. The van der Waals surface area contributed by atoms with Crippen LogP contribution < -0.4 is 20.1 Å². The summed E-state index contributed by atoms with van der Waals surface area (Å²) in [4.78, 5) is 24.9. The van der Waals surface area contributed by atoms with E-state index < -0.39 is 5.91 Å². The number of ether oxygens (including phenoxy) is 2. The van der Waals surface area contributed by atoms with Crippen LogP contribution in [0.4, 0.5) is 11.4 Å². The van der Waals surface area contributed by atoms with E-state index in [1.54, 1.807) is 37.3 Å². The third kappa shape index (κ3) is 7.10. The number of halogens is 1. The number of amides is 2. The number of carbonyl (C=O) groups is 2. The number of carbonyl (C=O) groups excluding carboxylic acids is 2. The number of nitrogens with one attached hydrogen (secondary N) is 2. The molecule has 178 valence electrons. The van der Waals surface area contributed by atoms with Crippen LogP contribution in [0.2, 0.25) is 5.02 Å². The zero-order valence-electron chi connectivity index (χ0n) is 19.3. The highest BCUT2D eigenvalue weighted by Crippen LogP contribution is 2.37. The van der Waals surface area contributed by atoms with Gasteiger partial charge in [0.1, 0.15) is 11.6 Å². The average molecular weight is 490 g/mol. The van der Waals surface area contributed by atoms with E-state index in [9.17, 15) is 14.9 Å². The minimum atomic E-state index is -0.547. The van der Waals surface area contributed by atoms with Crippen LogP contribution in [0.25, 0.3) is 6.08 Å². The van der Waals surface area contributed by atoms with E-state index in [-0.39, 0.29) is 34.6 Å². The molecule has 3 aromatic rings. The maximum absolute atomic E-state index is 12.7. The Bertz CT molecular complexity index is 1280. The molecule has 35 heavy (non-hydrogen) atoms. The highest BCUT2D eigenvalue weighted by molar-refractivity contribution is 6.32. The first-order chi connectivity index (χ1) is 16.9. The van der Waals surface area contributed by atoms with Gasteiger partial charge in [-0.3, -0.25) is 9.59 Å². The van der Waals surface area contributed by atoms with Crippen molar-refractivity contribution in [2.24, 2.45) is 0 Å². The van der Waals surface area contributed by atoms with Crippen molar-refractivity contribution in [1.82, 2.24) is 0 Å². The first-order valence-corrected chi connectivity index (χ1v) is 11.2. The summed E-state index contributed by atoms with van der Waals surface area (Å²) in [5, 5.41) is 15.2. The summed E-state index contributed by atoms with van der Waals surface area (Å²) < 4.78 is 11.3. The first kappa shape index (κ1) is 25.3. The molecule has 0 aliphatic carbocycles. The molecule has 0 aromatic heterocycles. The normalized spacial score (nSPS) is 10.7. The lowest BCUT2D eigenvalue weighted by atomic mass is 10.1. The molecule has 0 atom stereocenters. The lowest BCUT2D eigenvalue weighted by molar-refractivity contribution is -0.118. The molecule has 3 aromatic carbocycles. The van der Waals surface area contributed by atoms with E-state index in [4.69, 9.17) is 21.1 Å². The second-order valence-corrected chi connectivity index (χ2v) is 7.81. The molecule has 0 fully saturated rings. The van der Waals surface area contributed by atoms with Crippen LogP contribution in [0.15, 0.2) is 72.3 Å². The van der Waals surface area contributed by atoms with Gasteiger partial charge in [0.2, 0.25) is 0 Å². The van der Waals surface area contributed by atoms with Crippen molar-refractivity contribution >= 4 is 40.9 Å². The molecule has 0 spiro atoms. The molecule has 0 aliphatic heterocycles. The number of hydrogen-bond donors (Lipinski definition) is 2. The van der Waals surface area contributed by atoms with Crippen LogP contribution in [0.5, 0.6) is 11.5 Å². The Kier molecular flexibility index (Phi) is 8.88. The van der Waals surface area contributed by atoms with Gasteiger partial charge >= 0.3 is 0 Å². The second kappa shape index (κ2) is 12.3. The largest absolute Gasteiger partial charge is 0.490 e. The number of benzene rings is 3. The highest BCUT2D eigenvalue weighted by Gasteiger charge is 2.16. The Morgan fingerprint density at radius 3 is 2.43 bits per heavy atom. The summed E-state index contributed by atoms with van der Waals surface area (Å²) in [7, 11) is 0. The van der Waals surface area contributed by atoms with Crippen LogP contribution in [0, 0.1) is 18.3 Å². The van der Waals surface area contributed by atoms with Gasteiger partial charge in [0.05, 0.1) is 11.6 Å². The van der Waals surface area contributed by atoms with Crippen molar-refractivity contribution in [3.8, 4) is 17.6 Å². The zero-order valence-corrected chi connectivity index (χ0v) is 20.1. The van der Waals surface area contributed by atoms with E-state index in [1.807, 2.05) is 43.3 Å². The third-order valence-electron chi connectivity index (χ3n) is 4.81. The summed E-state index contributed by atoms with van der Waals surface area (Å²) in [5.41, 5.74) is 2.49. The number of para-hydroxylation sites is 2. The van der Waals surface area contributed by atoms with Gasteiger partial charge in [-0.25, -0.2) is 0 Å². The van der Waals surface area contributed by atoms with Crippen LogP contribution in [-0.4, -0.2) is 25.0 Å². The van der Waals surface area contributed by atoms with Crippen LogP contribution >= 0.6 is 11.6 Å². The van der Waals surface area contributed by atoms with E-state index >= 15 is 0 Å². The third-order valence-corrected chi connectivity index (χ3v) is 5.09. The van der Waals surface area contributed by atoms with Crippen molar-refractivity contribution in [1.29, 1.82) is 5.26 Å². The minimum absolute atomic E-state index is 0.109. The van der Waals surface area contributed by atoms with Gasteiger partial charge < -0.3 is 20.1 Å². The molecule has 2 amide bonds. The fraction of sp³-hybridized carbons (Fsp3) is 0.148. The van der Waals surface area contributed by atoms with Crippen molar-refractivity contribution in [3.05, 3.63) is 88.5 Å². The predicted molar refractivity (Wildman–Crippen MR) is 137 cm³/mol. The molecule has 0 saturated carbocycles. The predicted octanol–water partition coefficient (Wildman–Crippen LogP) is 5.61. The smallest absolute Gasteiger partial charge is 0.266 e. The summed E-state index contributed by atoms with van der Waals surface area (Å²) in [6.07, 6.45) is 1.41. The summed E-state index contributed by atoms with van der Waals surface area (Å²) in [5.74, 6) is -0.431. The first-order valence-electron chi connectivity index (χ1n) is 10.8. The van der Waals surface area contributed by atoms with Crippen molar-refractivity contribution in [2.45, 2.75) is 13.8 Å². The average Bonchev–Trinajstić information content (AvgIpc) is 2.84. The molecule has 0 saturated heterocycles. The zero-order chi connectivity index (χ0) is 25.2. The Morgan fingerprint density at radius 1 is 1.03 bits per heavy atom. The Balaban J connectivity index is 1.78. The number of anilines is 2. The summed E-state index contributed by atoms with van der Waals surface area (Å²) in [6, 6.07) is 21.3. The van der Waals surface area contributed by atoms with Gasteiger partial charge in [-0.2, -0.15) is 5.26 Å². The number of hydrogen-bond acceptors (Lipinski definition) is 5. The topological polar surface area (TPSA) is 100 Å². The SMILES string of the molecule is CCOc1cc(/C=C(\C#N)C(=O)Nc2ccccc2C)cc(Cl)c1OCC(=O)Nc1ccccc1. The lowest BCUT2D eigenvalue weighted by Gasteiger charge is -2.15. The van der Waals surface area contributed by atoms with Gasteiger partial charge in [0.25, 0.3) is 11.8 Å². The number of rotatable bonds is 9. The number of nitrogens with zero attached hydrogens (tertiary/aromatic N) is 1. The minimum Gasteiger partial charge on any atom is -0.490 e. The maximum atomic E-state index is 12.7. The van der Waals surface area contributed by atoms with Gasteiger partial charge in [-0.05, 0) is 61.4 Å². The summed E-state index contributed by atoms with van der Waals surface area (Å²) >= 11 is 6.42. The van der Waals surface area contributed by atoms with Gasteiger partial charge in [0.15, 0.2) is 18.1 Å². The Morgan fingerprint density at radius 2 is 1.74 bits per heavy atom. The molecule has 0 radical (unpaired) electrons. The number of aryl methyl sites for hydroxylation is 1. The van der Waals surface area contributed by atoms with Crippen molar-refractivity contribution < 1.29 is 19.1 Å². The van der Waals surface area contributed by atoms with Gasteiger partial charge in [-0.15, -0.1) is 0 Å². The van der Waals surface area contributed by atoms with Gasteiger partial charge in [-0.1, -0.05) is 48.0 Å². The fourth-order valence-electron chi connectivity index (χ4n) is 3.15. The standard InChI is InChI=1S/C27H24ClN3O4/c1-3-34-24-15-19(13-20(16-29)27(33)31-23-12-8-7-9-18(23)2)14-22(28)26(24)35-17-25(32)30-21-10-5-4-6-11-21/h4-15H,3,17H2,1-2H3,(H,30,32)(H,31,33)/b20-13+. The second-order valence-electron chi connectivity index (χ2n) is 7.40. The van der Waals surface area contributed by atoms with Crippen LogP contribution in [0.1, 0.15) is 18.1 Å². The molecule has 8 heteroatoms. The molecular formula is C27H24ClN3O4. The quantitative estimate of drug-likeness (QED) is 0.300. The van der Waals surface area contributed by atoms with E-state index in [2.05, 4.69) is 10.6 Å². The van der Waals surface area contributed by atoms with Crippen LogP contribution in [-0.2, 0) is 9.59 Å². The Hall–Kier alpha value is -4.28. The molecule has 0 bridgehead atoms. The van der Waals surface area contributed by atoms with Crippen molar-refractivity contribution in [2.75, 3.05) is 23.8 Å². The van der Waals surface area contributed by atoms with E-state index in [1.165, 1.54) is 12.1 Å². The molecule has 3 rings (SSSR count). The molecule has 0 heterocycles.